The summed E-state index contributed by atoms with van der Waals surface area (Å²) in [4.78, 5) is 10.5. The average Bonchev–Trinajstić information content (AvgIpc) is 2.49. The van der Waals surface area contributed by atoms with E-state index in [2.05, 4.69) is 45.0 Å². The second kappa shape index (κ2) is 11.3. The van der Waals surface area contributed by atoms with Crippen LogP contribution in [-0.4, -0.2) is 11.1 Å². The van der Waals surface area contributed by atoms with Crippen molar-refractivity contribution in [3.05, 3.63) is 35.4 Å². The lowest BCUT2D eigenvalue weighted by atomic mass is 9.88. The van der Waals surface area contributed by atoms with Crippen LogP contribution < -0.4 is 0 Å². The van der Waals surface area contributed by atoms with Crippen molar-refractivity contribution < 1.29 is 9.90 Å². The van der Waals surface area contributed by atoms with Gasteiger partial charge in [-0.15, -0.1) is 0 Å². The largest absolute Gasteiger partial charge is 0.481 e. The van der Waals surface area contributed by atoms with Crippen LogP contribution in [0.15, 0.2) is 24.3 Å². The molecule has 0 spiro atoms. The van der Waals surface area contributed by atoms with Crippen molar-refractivity contribution in [2.75, 3.05) is 0 Å². The molecule has 1 aromatic carbocycles. The van der Waals surface area contributed by atoms with E-state index < -0.39 is 5.97 Å². The Morgan fingerprint density at radius 1 is 1.00 bits per heavy atom. The summed E-state index contributed by atoms with van der Waals surface area (Å²) < 4.78 is 0. The summed E-state index contributed by atoms with van der Waals surface area (Å²) in [6.45, 7) is 6.78. The molecule has 1 N–H and O–H groups in total. The Balaban J connectivity index is 2.42. The van der Waals surface area contributed by atoms with Gasteiger partial charge in [0.2, 0.25) is 0 Å². The second-order valence-corrected chi connectivity index (χ2v) is 7.17. The van der Waals surface area contributed by atoms with Crippen LogP contribution in [-0.2, 0) is 11.2 Å². The smallest absolute Gasteiger partial charge is 0.303 e. The molecule has 0 saturated carbocycles. The zero-order valence-electron chi connectivity index (χ0n) is 15.2. The molecule has 0 amide bonds. The maximum absolute atomic E-state index is 10.5. The third-order valence-electron chi connectivity index (χ3n) is 4.43. The maximum atomic E-state index is 10.5. The number of rotatable bonds is 12. The molecular formula is C21H34O2. The van der Waals surface area contributed by atoms with Gasteiger partial charge in [-0.3, -0.25) is 4.79 Å². The molecule has 0 aliphatic heterocycles. The van der Waals surface area contributed by atoms with Crippen LogP contribution in [0.2, 0.25) is 0 Å². The highest BCUT2D eigenvalue weighted by Gasteiger charge is 2.11. The Morgan fingerprint density at radius 3 is 2.22 bits per heavy atom. The number of unbranched alkanes of at least 4 members (excludes halogenated alkanes) is 3. The molecule has 1 atom stereocenters. The first-order valence-corrected chi connectivity index (χ1v) is 9.33. The minimum Gasteiger partial charge on any atom is -0.481 e. The van der Waals surface area contributed by atoms with Crippen molar-refractivity contribution in [1.82, 2.24) is 0 Å². The van der Waals surface area contributed by atoms with Gasteiger partial charge in [0.15, 0.2) is 0 Å². The zero-order valence-corrected chi connectivity index (χ0v) is 15.2. The predicted octanol–water partition coefficient (Wildman–Crippen LogP) is 6.19. The predicted molar refractivity (Wildman–Crippen MR) is 98.0 cm³/mol. The average molecular weight is 319 g/mol. The Hall–Kier alpha value is -1.31. The van der Waals surface area contributed by atoms with Crippen LogP contribution in [0.1, 0.15) is 89.2 Å². The van der Waals surface area contributed by atoms with Gasteiger partial charge >= 0.3 is 5.97 Å². The van der Waals surface area contributed by atoms with E-state index in [4.69, 9.17) is 5.11 Å². The highest BCUT2D eigenvalue weighted by molar-refractivity contribution is 5.66. The lowest BCUT2D eigenvalue weighted by molar-refractivity contribution is -0.137. The summed E-state index contributed by atoms with van der Waals surface area (Å²) >= 11 is 0. The molecule has 0 fully saturated rings. The first-order valence-electron chi connectivity index (χ1n) is 9.33. The normalized spacial score (nSPS) is 12.5. The van der Waals surface area contributed by atoms with E-state index in [9.17, 15) is 4.79 Å². The van der Waals surface area contributed by atoms with Crippen LogP contribution in [0.25, 0.3) is 0 Å². The number of hydrogen-bond donors (Lipinski definition) is 1. The lowest BCUT2D eigenvalue weighted by Crippen LogP contribution is -2.01. The monoisotopic (exact) mass is 318 g/mol. The number of carbonyl (C=O) groups is 1. The molecule has 1 rings (SSSR count). The van der Waals surface area contributed by atoms with Crippen LogP contribution >= 0.6 is 0 Å². The summed E-state index contributed by atoms with van der Waals surface area (Å²) in [5.74, 6) is 0.695. The molecular weight excluding hydrogens is 284 g/mol. The Morgan fingerprint density at radius 2 is 1.65 bits per heavy atom. The fourth-order valence-corrected chi connectivity index (χ4v) is 3.24. The SMILES string of the molecule is CCCC(CCCCCCC(=O)O)c1ccc(CC(C)C)cc1. The van der Waals surface area contributed by atoms with Crippen molar-refractivity contribution in [3.63, 3.8) is 0 Å². The fraction of sp³-hybridized carbons (Fsp3) is 0.667. The molecule has 0 radical (unpaired) electrons. The summed E-state index contributed by atoms with van der Waals surface area (Å²) in [5.41, 5.74) is 2.91. The van der Waals surface area contributed by atoms with Crippen LogP contribution in [0.3, 0.4) is 0 Å². The topological polar surface area (TPSA) is 37.3 Å². The first-order chi connectivity index (χ1) is 11.0. The molecule has 2 nitrogen and oxygen atoms in total. The van der Waals surface area contributed by atoms with Gasteiger partial charge in [0, 0.05) is 6.42 Å². The van der Waals surface area contributed by atoms with Crippen LogP contribution in [0.5, 0.6) is 0 Å². The minimum absolute atomic E-state index is 0.315. The number of carboxylic acid groups (broad SMARTS) is 1. The summed E-state index contributed by atoms with van der Waals surface area (Å²) in [5, 5.41) is 8.65. The van der Waals surface area contributed by atoms with Gasteiger partial charge in [-0.1, -0.05) is 70.7 Å². The molecule has 1 aromatic rings. The molecule has 0 saturated heterocycles. The fourth-order valence-electron chi connectivity index (χ4n) is 3.24. The number of hydrogen-bond acceptors (Lipinski definition) is 1. The van der Waals surface area contributed by atoms with E-state index in [1.165, 1.54) is 36.8 Å². The molecule has 2 heteroatoms. The zero-order chi connectivity index (χ0) is 17.1. The molecule has 0 bridgehead atoms. The summed E-state index contributed by atoms with van der Waals surface area (Å²) in [6.07, 6.45) is 9.38. The molecule has 0 aromatic heterocycles. The van der Waals surface area contributed by atoms with Crippen molar-refractivity contribution >= 4 is 5.97 Å². The van der Waals surface area contributed by atoms with Gasteiger partial charge in [0.25, 0.3) is 0 Å². The third-order valence-corrected chi connectivity index (χ3v) is 4.43. The van der Waals surface area contributed by atoms with Crippen LogP contribution in [0, 0.1) is 5.92 Å². The molecule has 130 valence electrons. The van der Waals surface area contributed by atoms with Gasteiger partial charge in [-0.25, -0.2) is 0 Å². The van der Waals surface area contributed by atoms with Crippen molar-refractivity contribution in [2.45, 2.75) is 84.5 Å². The molecule has 23 heavy (non-hydrogen) atoms. The Kier molecular flexibility index (Phi) is 9.66. The summed E-state index contributed by atoms with van der Waals surface area (Å²) in [7, 11) is 0. The van der Waals surface area contributed by atoms with Crippen molar-refractivity contribution in [2.24, 2.45) is 5.92 Å². The summed E-state index contributed by atoms with van der Waals surface area (Å²) in [6, 6.07) is 9.24. The van der Waals surface area contributed by atoms with E-state index in [0.29, 0.717) is 18.3 Å². The highest BCUT2D eigenvalue weighted by Crippen LogP contribution is 2.28. The van der Waals surface area contributed by atoms with E-state index in [1.807, 2.05) is 0 Å². The highest BCUT2D eigenvalue weighted by atomic mass is 16.4. The lowest BCUT2D eigenvalue weighted by Gasteiger charge is -2.17. The van der Waals surface area contributed by atoms with E-state index in [-0.39, 0.29) is 0 Å². The Labute approximate surface area is 142 Å². The maximum Gasteiger partial charge on any atom is 0.303 e. The van der Waals surface area contributed by atoms with Gasteiger partial charge in [-0.2, -0.15) is 0 Å². The van der Waals surface area contributed by atoms with Gasteiger partial charge in [0.05, 0.1) is 0 Å². The van der Waals surface area contributed by atoms with Crippen molar-refractivity contribution in [3.8, 4) is 0 Å². The molecule has 0 aliphatic rings. The Bertz CT molecular complexity index is 434. The molecule has 0 heterocycles. The van der Waals surface area contributed by atoms with Gasteiger partial charge in [0.1, 0.15) is 0 Å². The number of benzene rings is 1. The van der Waals surface area contributed by atoms with Gasteiger partial charge in [-0.05, 0) is 48.6 Å². The van der Waals surface area contributed by atoms with Crippen LogP contribution in [0.4, 0.5) is 0 Å². The van der Waals surface area contributed by atoms with E-state index in [0.717, 1.165) is 25.7 Å². The second-order valence-electron chi connectivity index (χ2n) is 7.17. The van der Waals surface area contributed by atoms with Crippen molar-refractivity contribution in [1.29, 1.82) is 0 Å². The third kappa shape index (κ3) is 8.78. The first kappa shape index (κ1) is 19.7. The standard InChI is InChI=1S/C21H34O2/c1-4-9-19(10-7-5-6-8-11-21(22)23)20-14-12-18(13-15-20)16-17(2)3/h12-15,17,19H,4-11,16H2,1-3H3,(H,22,23). The molecule has 0 aliphatic carbocycles. The minimum atomic E-state index is -0.671. The van der Waals surface area contributed by atoms with Gasteiger partial charge < -0.3 is 5.11 Å². The molecule has 1 unspecified atom stereocenters. The quantitative estimate of drug-likeness (QED) is 0.466. The number of aliphatic carboxylic acids is 1. The van der Waals surface area contributed by atoms with E-state index in [1.54, 1.807) is 0 Å². The van der Waals surface area contributed by atoms with E-state index >= 15 is 0 Å². The number of carboxylic acids is 1.